The molecule has 0 atom stereocenters. The molecule has 5 nitrogen and oxygen atoms in total. The van der Waals surface area contributed by atoms with Crippen molar-refractivity contribution in [3.05, 3.63) is 57.6 Å². The molecule has 2 aromatic rings. The quantitative estimate of drug-likeness (QED) is 0.585. The Morgan fingerprint density at radius 3 is 2.48 bits per heavy atom. The van der Waals surface area contributed by atoms with Crippen LogP contribution in [0.25, 0.3) is 0 Å². The van der Waals surface area contributed by atoms with E-state index in [4.69, 9.17) is 4.74 Å². The number of hydrogen-bond acceptors (Lipinski definition) is 4. The van der Waals surface area contributed by atoms with Crippen LogP contribution in [-0.4, -0.2) is 24.3 Å². The highest BCUT2D eigenvalue weighted by atomic mass is 79.9. The van der Waals surface area contributed by atoms with Gasteiger partial charge < -0.3 is 9.84 Å². The summed E-state index contributed by atoms with van der Waals surface area (Å²) in [4.78, 5) is 11.9. The molecule has 0 aromatic heterocycles. The average molecular weight is 417 g/mol. The maximum atomic E-state index is 12.5. The number of nitrogens with zero attached hydrogens (tertiary/aromatic N) is 1. The Labute approximate surface area is 149 Å². The fourth-order valence-corrected chi connectivity index (χ4v) is 2.30. The van der Waals surface area contributed by atoms with Crippen molar-refractivity contribution in [2.75, 3.05) is 7.11 Å². The van der Waals surface area contributed by atoms with Gasteiger partial charge in [-0.25, -0.2) is 5.43 Å². The van der Waals surface area contributed by atoms with Gasteiger partial charge in [-0.15, -0.1) is 0 Å². The lowest BCUT2D eigenvalue weighted by atomic mass is 10.1. The Balaban J connectivity index is 2.09. The number of phenols is 1. The zero-order valence-corrected chi connectivity index (χ0v) is 14.4. The molecule has 0 radical (unpaired) electrons. The Morgan fingerprint density at radius 2 is 1.92 bits per heavy atom. The minimum atomic E-state index is -4.47. The van der Waals surface area contributed by atoms with E-state index in [1.54, 1.807) is 6.07 Å². The van der Waals surface area contributed by atoms with Crippen LogP contribution in [0.15, 0.2) is 46.0 Å². The molecular weight excluding hydrogens is 405 g/mol. The van der Waals surface area contributed by atoms with Crippen molar-refractivity contribution in [1.82, 2.24) is 5.43 Å². The van der Waals surface area contributed by atoms with Crippen molar-refractivity contribution < 1.29 is 27.8 Å². The lowest BCUT2D eigenvalue weighted by Crippen LogP contribution is -2.18. The van der Waals surface area contributed by atoms with E-state index in [2.05, 4.69) is 26.5 Å². The van der Waals surface area contributed by atoms with Crippen LogP contribution in [0.2, 0.25) is 0 Å². The van der Waals surface area contributed by atoms with Crippen molar-refractivity contribution in [2.24, 2.45) is 5.10 Å². The van der Waals surface area contributed by atoms with Gasteiger partial charge in [0.1, 0.15) is 11.5 Å². The van der Waals surface area contributed by atoms with Gasteiger partial charge in [-0.1, -0.05) is 0 Å². The number of ether oxygens (including phenoxy) is 1. The zero-order valence-electron chi connectivity index (χ0n) is 12.8. The van der Waals surface area contributed by atoms with Gasteiger partial charge in [0.25, 0.3) is 5.91 Å². The Kier molecular flexibility index (Phi) is 5.68. The molecule has 0 aliphatic carbocycles. The largest absolute Gasteiger partial charge is 0.506 e. The van der Waals surface area contributed by atoms with Crippen LogP contribution >= 0.6 is 15.9 Å². The summed E-state index contributed by atoms with van der Waals surface area (Å²) in [6.45, 7) is 0. The molecule has 0 saturated carbocycles. The van der Waals surface area contributed by atoms with Gasteiger partial charge in [0.2, 0.25) is 0 Å². The zero-order chi connectivity index (χ0) is 18.6. The van der Waals surface area contributed by atoms with Gasteiger partial charge >= 0.3 is 6.18 Å². The first-order chi connectivity index (χ1) is 11.7. The normalized spacial score (nSPS) is 11.6. The number of benzene rings is 2. The summed E-state index contributed by atoms with van der Waals surface area (Å²) in [6.07, 6.45) is -3.28. The minimum Gasteiger partial charge on any atom is -0.506 e. The Morgan fingerprint density at radius 1 is 1.28 bits per heavy atom. The lowest BCUT2D eigenvalue weighted by Gasteiger charge is -2.07. The van der Waals surface area contributed by atoms with Crippen molar-refractivity contribution in [2.45, 2.75) is 6.18 Å². The summed E-state index contributed by atoms with van der Waals surface area (Å²) >= 11 is 3.15. The first-order valence-electron chi connectivity index (χ1n) is 6.79. The van der Waals surface area contributed by atoms with Gasteiger partial charge in [-0.3, -0.25) is 4.79 Å². The molecule has 0 aliphatic rings. The maximum absolute atomic E-state index is 12.5. The third-order valence-electron chi connectivity index (χ3n) is 3.15. The van der Waals surface area contributed by atoms with Crippen LogP contribution in [0.4, 0.5) is 13.2 Å². The van der Waals surface area contributed by atoms with Gasteiger partial charge in [-0.05, 0) is 52.3 Å². The molecule has 0 aliphatic heterocycles. The Bertz CT molecular complexity index is 806. The number of alkyl halides is 3. The van der Waals surface area contributed by atoms with Crippen LogP contribution in [-0.2, 0) is 6.18 Å². The second-order valence-corrected chi connectivity index (χ2v) is 5.68. The SMILES string of the molecule is COc1cc(Br)c(O)c(C=NNC(=O)c2ccc(C(F)(F)F)cc2)c1. The lowest BCUT2D eigenvalue weighted by molar-refractivity contribution is -0.137. The molecule has 0 heterocycles. The molecule has 9 heteroatoms. The van der Waals surface area contributed by atoms with Crippen molar-refractivity contribution in [1.29, 1.82) is 0 Å². The summed E-state index contributed by atoms with van der Waals surface area (Å²) in [5.41, 5.74) is 1.62. The van der Waals surface area contributed by atoms with Gasteiger partial charge in [0, 0.05) is 11.1 Å². The van der Waals surface area contributed by atoms with E-state index >= 15 is 0 Å². The number of phenolic OH excluding ortho intramolecular Hbond substituents is 1. The maximum Gasteiger partial charge on any atom is 0.416 e. The molecule has 0 fully saturated rings. The van der Waals surface area contributed by atoms with E-state index in [1.807, 2.05) is 0 Å². The second-order valence-electron chi connectivity index (χ2n) is 4.82. The van der Waals surface area contributed by atoms with Crippen molar-refractivity contribution in [3.63, 3.8) is 0 Å². The highest BCUT2D eigenvalue weighted by molar-refractivity contribution is 9.10. The smallest absolute Gasteiger partial charge is 0.416 e. The number of nitrogens with one attached hydrogen (secondary N) is 1. The molecular formula is C16H12BrF3N2O3. The number of amides is 1. The molecule has 2 N–H and O–H groups in total. The van der Waals surface area contributed by atoms with Gasteiger partial charge in [0.05, 0.1) is 23.4 Å². The van der Waals surface area contributed by atoms with Crippen LogP contribution in [0.5, 0.6) is 11.5 Å². The van der Waals surface area contributed by atoms with Crippen LogP contribution in [0, 0.1) is 0 Å². The monoisotopic (exact) mass is 416 g/mol. The molecule has 132 valence electrons. The summed E-state index contributed by atoms with van der Waals surface area (Å²) in [6, 6.07) is 6.76. The van der Waals surface area contributed by atoms with E-state index in [-0.39, 0.29) is 16.9 Å². The third kappa shape index (κ3) is 4.72. The number of methoxy groups -OCH3 is 1. The van der Waals surface area contributed by atoms with E-state index in [9.17, 15) is 23.1 Å². The van der Waals surface area contributed by atoms with E-state index in [1.165, 1.54) is 19.4 Å². The fourth-order valence-electron chi connectivity index (χ4n) is 1.85. The standard InChI is InChI=1S/C16H12BrF3N2O3/c1-25-12-6-10(14(23)13(17)7-12)8-21-22-15(24)9-2-4-11(5-3-9)16(18,19)20/h2-8,23H,1H3,(H,22,24). The molecule has 0 unspecified atom stereocenters. The fraction of sp³-hybridized carbons (Fsp3) is 0.125. The number of aromatic hydroxyl groups is 1. The molecule has 0 saturated heterocycles. The molecule has 2 rings (SSSR count). The first kappa shape index (κ1) is 18.8. The summed E-state index contributed by atoms with van der Waals surface area (Å²) in [5.74, 6) is -0.333. The molecule has 0 bridgehead atoms. The van der Waals surface area contributed by atoms with E-state index < -0.39 is 17.6 Å². The second kappa shape index (κ2) is 7.56. The van der Waals surface area contributed by atoms with Crippen LogP contribution in [0.1, 0.15) is 21.5 Å². The number of hydrogen-bond donors (Lipinski definition) is 2. The first-order valence-corrected chi connectivity index (χ1v) is 7.59. The topological polar surface area (TPSA) is 70.9 Å². The summed E-state index contributed by atoms with van der Waals surface area (Å²) < 4.78 is 42.9. The van der Waals surface area contributed by atoms with Crippen LogP contribution < -0.4 is 10.2 Å². The third-order valence-corrected chi connectivity index (χ3v) is 3.75. The average Bonchev–Trinajstić information content (AvgIpc) is 2.57. The Hall–Kier alpha value is -2.55. The minimum absolute atomic E-state index is 0.0150. The number of halogens is 4. The highest BCUT2D eigenvalue weighted by Gasteiger charge is 2.30. The van der Waals surface area contributed by atoms with Crippen molar-refractivity contribution in [3.8, 4) is 11.5 Å². The predicted octanol–water partition coefficient (Wildman–Crippen LogP) is 3.95. The molecule has 1 amide bonds. The van der Waals surface area contributed by atoms with Crippen LogP contribution in [0.3, 0.4) is 0 Å². The summed E-state index contributed by atoms with van der Waals surface area (Å²) in [7, 11) is 1.45. The van der Waals surface area contributed by atoms with Gasteiger partial charge in [-0.2, -0.15) is 18.3 Å². The molecule has 0 spiro atoms. The number of hydrazone groups is 1. The number of rotatable bonds is 4. The predicted molar refractivity (Wildman–Crippen MR) is 88.9 cm³/mol. The van der Waals surface area contributed by atoms with E-state index in [0.717, 1.165) is 24.3 Å². The number of carbonyl (C=O) groups excluding carboxylic acids is 1. The highest BCUT2D eigenvalue weighted by Crippen LogP contribution is 2.31. The van der Waals surface area contributed by atoms with E-state index in [0.29, 0.717) is 10.2 Å². The number of carbonyl (C=O) groups is 1. The van der Waals surface area contributed by atoms with Crippen molar-refractivity contribution >= 4 is 28.1 Å². The van der Waals surface area contributed by atoms with Gasteiger partial charge in [0.15, 0.2) is 0 Å². The summed E-state index contributed by atoms with van der Waals surface area (Å²) in [5, 5.41) is 13.6. The molecule has 2 aromatic carbocycles. The molecule has 25 heavy (non-hydrogen) atoms.